The second-order valence-corrected chi connectivity index (χ2v) is 5.29. The Hall–Kier alpha value is -0.740. The molecule has 2 rings (SSSR count). The van der Waals surface area contributed by atoms with Crippen molar-refractivity contribution < 1.29 is 13.2 Å². The Morgan fingerprint density at radius 3 is 2.28 bits per heavy atom. The van der Waals surface area contributed by atoms with Gasteiger partial charge in [-0.2, -0.15) is 13.2 Å². The maximum atomic E-state index is 12.6. The van der Waals surface area contributed by atoms with E-state index in [0.717, 1.165) is 43.4 Å². The van der Waals surface area contributed by atoms with Crippen molar-refractivity contribution >= 4 is 11.6 Å². The number of rotatable bonds is 2. The smallest absolute Gasteiger partial charge is 0.330 e. The number of nitrogens with two attached hydrogens (primary N) is 1. The van der Waals surface area contributed by atoms with Gasteiger partial charge < -0.3 is 5.73 Å². The van der Waals surface area contributed by atoms with Crippen molar-refractivity contribution in [3.05, 3.63) is 34.3 Å². The van der Waals surface area contributed by atoms with E-state index in [1.165, 1.54) is 6.07 Å². The highest BCUT2D eigenvalue weighted by Gasteiger charge is 2.37. The summed E-state index contributed by atoms with van der Waals surface area (Å²) < 4.78 is 37.7. The Balaban J connectivity index is 2.41. The normalized spacial score (nSPS) is 19.2. The highest BCUT2D eigenvalue weighted by molar-refractivity contribution is 6.31. The summed E-state index contributed by atoms with van der Waals surface area (Å²) >= 11 is 6.03. The molecule has 0 bridgehead atoms. The molecule has 0 unspecified atom stereocenters. The van der Waals surface area contributed by atoms with Gasteiger partial charge in [0.2, 0.25) is 0 Å². The average Bonchev–Trinajstić information content (AvgIpc) is 2.77. The molecule has 2 N–H and O–H groups in total. The first-order valence-corrected chi connectivity index (χ1v) is 6.34. The van der Waals surface area contributed by atoms with Crippen molar-refractivity contribution in [3.8, 4) is 0 Å². The van der Waals surface area contributed by atoms with Gasteiger partial charge in [-0.3, -0.25) is 0 Å². The molecule has 0 spiro atoms. The minimum absolute atomic E-state index is 0.178. The molecule has 1 aromatic rings. The van der Waals surface area contributed by atoms with Crippen molar-refractivity contribution in [2.75, 3.05) is 6.54 Å². The summed E-state index contributed by atoms with van der Waals surface area (Å²) in [6.07, 6.45) is -0.458. The molecule has 0 amide bonds. The molecule has 5 heteroatoms. The third-order valence-electron chi connectivity index (χ3n) is 3.82. The molecule has 0 atom stereocenters. The van der Waals surface area contributed by atoms with Crippen LogP contribution in [-0.2, 0) is 11.6 Å². The summed E-state index contributed by atoms with van der Waals surface area (Å²) in [6, 6.07) is 3.59. The summed E-state index contributed by atoms with van der Waals surface area (Å²) in [5, 5.41) is 0.178. The van der Waals surface area contributed by atoms with Crippen molar-refractivity contribution in [1.29, 1.82) is 0 Å². The van der Waals surface area contributed by atoms with Gasteiger partial charge in [0, 0.05) is 17.0 Å². The Morgan fingerprint density at radius 2 is 1.83 bits per heavy atom. The lowest BCUT2D eigenvalue weighted by molar-refractivity contribution is -0.137. The summed E-state index contributed by atoms with van der Waals surface area (Å²) in [4.78, 5) is 0. The largest absolute Gasteiger partial charge is 0.416 e. The first kappa shape index (κ1) is 13.7. The minimum Gasteiger partial charge on any atom is -0.330 e. The standard InChI is InChI=1S/C13H15ClF3N/c14-11-7-9(13(15,16)17)3-4-10(11)12(8-18)5-1-2-6-12/h3-4,7H,1-2,5-6,8,18H2. The molecule has 0 saturated heterocycles. The first-order chi connectivity index (χ1) is 8.39. The Morgan fingerprint density at radius 1 is 1.22 bits per heavy atom. The van der Waals surface area contributed by atoms with E-state index in [1.54, 1.807) is 0 Å². The quantitative estimate of drug-likeness (QED) is 0.864. The van der Waals surface area contributed by atoms with Crippen molar-refractivity contribution in [2.24, 2.45) is 5.73 Å². The fourth-order valence-corrected chi connectivity index (χ4v) is 3.14. The van der Waals surface area contributed by atoms with E-state index in [4.69, 9.17) is 17.3 Å². The molecule has 1 aliphatic rings. The topological polar surface area (TPSA) is 26.0 Å². The number of alkyl halides is 3. The molecule has 0 aromatic heterocycles. The summed E-state index contributed by atoms with van der Waals surface area (Å²) in [5.74, 6) is 0. The van der Waals surface area contributed by atoms with E-state index in [1.807, 2.05) is 0 Å². The molecule has 1 saturated carbocycles. The fraction of sp³-hybridized carbons (Fsp3) is 0.538. The molecular formula is C13H15ClF3N. The molecule has 0 heterocycles. The second-order valence-electron chi connectivity index (χ2n) is 4.88. The average molecular weight is 278 g/mol. The van der Waals surface area contributed by atoms with Crippen LogP contribution in [0, 0.1) is 0 Å². The van der Waals surface area contributed by atoms with Crippen LogP contribution in [0.5, 0.6) is 0 Å². The molecule has 1 aliphatic carbocycles. The molecular weight excluding hydrogens is 263 g/mol. The molecule has 1 fully saturated rings. The third kappa shape index (κ3) is 2.36. The van der Waals surface area contributed by atoms with Crippen LogP contribution in [0.1, 0.15) is 36.8 Å². The Bertz CT molecular complexity index is 436. The Kier molecular flexibility index (Phi) is 3.60. The van der Waals surface area contributed by atoms with E-state index in [-0.39, 0.29) is 10.4 Å². The van der Waals surface area contributed by atoms with Gasteiger partial charge in [-0.15, -0.1) is 0 Å². The van der Waals surface area contributed by atoms with Gasteiger partial charge in [-0.1, -0.05) is 30.5 Å². The van der Waals surface area contributed by atoms with E-state index in [0.29, 0.717) is 6.54 Å². The number of halogens is 4. The maximum absolute atomic E-state index is 12.6. The SMILES string of the molecule is NCC1(c2ccc(C(F)(F)F)cc2Cl)CCCC1. The van der Waals surface area contributed by atoms with Crippen molar-refractivity contribution in [3.63, 3.8) is 0 Å². The molecule has 18 heavy (non-hydrogen) atoms. The van der Waals surface area contributed by atoms with Crippen LogP contribution in [0.2, 0.25) is 5.02 Å². The van der Waals surface area contributed by atoms with Crippen LogP contribution in [-0.4, -0.2) is 6.54 Å². The van der Waals surface area contributed by atoms with Gasteiger partial charge in [-0.05, 0) is 30.5 Å². The number of benzene rings is 1. The van der Waals surface area contributed by atoms with Gasteiger partial charge in [0.05, 0.1) is 5.56 Å². The molecule has 100 valence electrons. The van der Waals surface area contributed by atoms with E-state index >= 15 is 0 Å². The summed E-state index contributed by atoms with van der Waals surface area (Å²) in [7, 11) is 0. The predicted octanol–water partition coefficient (Wildman–Crippen LogP) is 4.13. The lowest BCUT2D eigenvalue weighted by atomic mass is 9.78. The van der Waals surface area contributed by atoms with Crippen molar-refractivity contribution in [1.82, 2.24) is 0 Å². The molecule has 1 aromatic carbocycles. The highest BCUT2D eigenvalue weighted by atomic mass is 35.5. The van der Waals surface area contributed by atoms with Gasteiger partial charge in [0.1, 0.15) is 0 Å². The van der Waals surface area contributed by atoms with Gasteiger partial charge in [0.15, 0.2) is 0 Å². The maximum Gasteiger partial charge on any atom is 0.416 e. The van der Waals surface area contributed by atoms with Gasteiger partial charge in [0.25, 0.3) is 0 Å². The van der Waals surface area contributed by atoms with Crippen LogP contribution in [0.15, 0.2) is 18.2 Å². The number of hydrogen-bond acceptors (Lipinski definition) is 1. The zero-order chi connectivity index (χ0) is 13.4. The lowest BCUT2D eigenvalue weighted by Gasteiger charge is -2.29. The van der Waals surface area contributed by atoms with E-state index < -0.39 is 11.7 Å². The van der Waals surface area contributed by atoms with Gasteiger partial charge >= 0.3 is 6.18 Å². The molecule has 0 radical (unpaired) electrons. The van der Waals surface area contributed by atoms with E-state index in [2.05, 4.69) is 0 Å². The second kappa shape index (κ2) is 4.74. The van der Waals surface area contributed by atoms with Crippen LogP contribution >= 0.6 is 11.6 Å². The third-order valence-corrected chi connectivity index (χ3v) is 4.13. The highest BCUT2D eigenvalue weighted by Crippen LogP contribution is 2.44. The van der Waals surface area contributed by atoms with Crippen LogP contribution in [0.3, 0.4) is 0 Å². The monoisotopic (exact) mass is 277 g/mol. The zero-order valence-corrected chi connectivity index (χ0v) is 10.6. The lowest BCUT2D eigenvalue weighted by Crippen LogP contribution is -2.32. The fourth-order valence-electron chi connectivity index (χ4n) is 2.76. The minimum atomic E-state index is -4.35. The Labute approximate surface area is 109 Å². The van der Waals surface area contributed by atoms with Crippen LogP contribution in [0.25, 0.3) is 0 Å². The summed E-state index contributed by atoms with van der Waals surface area (Å²) in [6.45, 7) is 0.429. The summed E-state index contributed by atoms with van der Waals surface area (Å²) in [5.41, 5.74) is 5.63. The predicted molar refractivity (Wildman–Crippen MR) is 65.7 cm³/mol. The number of hydrogen-bond donors (Lipinski definition) is 1. The molecule has 1 nitrogen and oxygen atoms in total. The van der Waals surface area contributed by atoms with Crippen molar-refractivity contribution in [2.45, 2.75) is 37.3 Å². The van der Waals surface area contributed by atoms with Gasteiger partial charge in [-0.25, -0.2) is 0 Å². The molecule has 0 aliphatic heterocycles. The van der Waals surface area contributed by atoms with Crippen LogP contribution in [0.4, 0.5) is 13.2 Å². The first-order valence-electron chi connectivity index (χ1n) is 5.96. The van der Waals surface area contributed by atoms with E-state index in [9.17, 15) is 13.2 Å². The van der Waals surface area contributed by atoms with Crippen LogP contribution < -0.4 is 5.73 Å². The zero-order valence-electron chi connectivity index (χ0n) is 9.86.